The second-order valence-electron chi connectivity index (χ2n) is 9.95. The molecule has 4 rings (SSSR count). The fraction of sp³-hybridized carbons (Fsp3) is 0.444. The maximum absolute atomic E-state index is 13.5. The van der Waals surface area contributed by atoms with Crippen molar-refractivity contribution >= 4 is 23.5 Å². The summed E-state index contributed by atoms with van der Waals surface area (Å²) in [6.07, 6.45) is 6.60. The van der Waals surface area contributed by atoms with Crippen LogP contribution in [0.1, 0.15) is 66.8 Å². The van der Waals surface area contributed by atoms with E-state index in [2.05, 4.69) is 17.0 Å². The van der Waals surface area contributed by atoms with Gasteiger partial charge in [-0.25, -0.2) is 0 Å². The first-order chi connectivity index (χ1) is 16.2. The van der Waals surface area contributed by atoms with E-state index in [1.54, 1.807) is 12.1 Å². The van der Waals surface area contributed by atoms with Crippen LogP contribution in [-0.4, -0.2) is 45.1 Å². The van der Waals surface area contributed by atoms with Crippen LogP contribution in [0.15, 0.2) is 30.3 Å². The van der Waals surface area contributed by atoms with Crippen molar-refractivity contribution in [2.45, 2.75) is 64.6 Å². The van der Waals surface area contributed by atoms with Gasteiger partial charge in [-0.3, -0.25) is 9.69 Å². The number of hydrogen-bond acceptors (Lipinski definition) is 5. The molecule has 3 heterocycles. The van der Waals surface area contributed by atoms with Crippen LogP contribution in [0.2, 0.25) is 5.02 Å². The van der Waals surface area contributed by atoms with Gasteiger partial charge in [0, 0.05) is 23.5 Å². The first kappa shape index (κ1) is 24.2. The van der Waals surface area contributed by atoms with E-state index in [9.17, 15) is 15.2 Å². The molecule has 2 fully saturated rings. The van der Waals surface area contributed by atoms with Crippen molar-refractivity contribution in [3.63, 3.8) is 0 Å². The summed E-state index contributed by atoms with van der Waals surface area (Å²) >= 11 is 6.85. The summed E-state index contributed by atoms with van der Waals surface area (Å²) in [7, 11) is 0. The van der Waals surface area contributed by atoms with Gasteiger partial charge in [0.05, 0.1) is 52.0 Å². The van der Waals surface area contributed by atoms with Crippen molar-refractivity contribution in [1.82, 2.24) is 9.47 Å². The van der Waals surface area contributed by atoms with E-state index in [-0.39, 0.29) is 30.5 Å². The molecule has 7 heteroatoms. The highest BCUT2D eigenvalue weighted by atomic mass is 35.5. The minimum absolute atomic E-state index is 0.0428. The van der Waals surface area contributed by atoms with Gasteiger partial charge in [-0.2, -0.15) is 10.5 Å². The Morgan fingerprint density at radius 3 is 2.53 bits per heavy atom. The number of benzene rings is 1. The van der Waals surface area contributed by atoms with E-state index in [1.165, 1.54) is 0 Å². The Morgan fingerprint density at radius 2 is 1.97 bits per heavy atom. The molecule has 3 atom stereocenters. The average molecular weight is 477 g/mol. The molecule has 1 aromatic carbocycles. The number of rotatable bonds is 7. The normalized spacial score (nSPS) is 22.3. The monoisotopic (exact) mass is 476 g/mol. The second-order valence-corrected chi connectivity index (χ2v) is 10.3. The molecule has 0 saturated carbocycles. The maximum atomic E-state index is 13.5. The third-order valence-electron chi connectivity index (χ3n) is 7.10. The van der Waals surface area contributed by atoms with Crippen molar-refractivity contribution < 1.29 is 9.90 Å². The summed E-state index contributed by atoms with van der Waals surface area (Å²) in [6, 6.07) is 11.9. The number of nitriles is 2. The van der Waals surface area contributed by atoms with Crippen molar-refractivity contribution in [2.75, 3.05) is 6.54 Å². The number of fused-ring (bicyclic) bond motifs is 2. The van der Waals surface area contributed by atoms with E-state index in [0.29, 0.717) is 28.3 Å². The van der Waals surface area contributed by atoms with Crippen molar-refractivity contribution in [1.29, 1.82) is 10.5 Å². The van der Waals surface area contributed by atoms with Gasteiger partial charge in [0.1, 0.15) is 0 Å². The molecule has 6 nitrogen and oxygen atoms in total. The highest BCUT2D eigenvalue weighted by Gasteiger charge is 2.46. The van der Waals surface area contributed by atoms with Crippen LogP contribution < -0.4 is 0 Å². The van der Waals surface area contributed by atoms with Crippen LogP contribution in [0.25, 0.3) is 11.8 Å². The summed E-state index contributed by atoms with van der Waals surface area (Å²) in [6.45, 7) is 5.85. The average Bonchev–Trinajstić information content (AvgIpc) is 3.41. The van der Waals surface area contributed by atoms with Gasteiger partial charge in [0.2, 0.25) is 0 Å². The van der Waals surface area contributed by atoms with E-state index >= 15 is 0 Å². The molecule has 0 amide bonds. The third-order valence-corrected chi connectivity index (χ3v) is 7.48. The van der Waals surface area contributed by atoms with Crippen LogP contribution in [-0.2, 0) is 0 Å². The predicted molar refractivity (Wildman–Crippen MR) is 132 cm³/mol. The number of carbonyl (C=O) groups excluding carboxylic acids is 1. The summed E-state index contributed by atoms with van der Waals surface area (Å²) < 4.78 is 1.93. The van der Waals surface area contributed by atoms with E-state index in [0.717, 1.165) is 30.6 Å². The Balaban J connectivity index is 1.73. The second kappa shape index (κ2) is 9.39. The Labute approximate surface area is 205 Å². The molecule has 2 aliphatic heterocycles. The van der Waals surface area contributed by atoms with Gasteiger partial charge < -0.3 is 9.67 Å². The Morgan fingerprint density at radius 1 is 1.26 bits per heavy atom. The zero-order valence-electron chi connectivity index (χ0n) is 19.8. The lowest BCUT2D eigenvalue weighted by Gasteiger charge is -2.21. The van der Waals surface area contributed by atoms with Crippen LogP contribution >= 0.6 is 11.6 Å². The zero-order chi connectivity index (χ0) is 24.6. The molecule has 0 radical (unpaired) electrons. The van der Waals surface area contributed by atoms with Gasteiger partial charge in [0.15, 0.2) is 5.78 Å². The van der Waals surface area contributed by atoms with E-state index in [4.69, 9.17) is 16.9 Å². The smallest absolute Gasteiger partial charge is 0.180 e. The predicted octanol–water partition coefficient (Wildman–Crippen LogP) is 5.04. The molecular weight excluding hydrogens is 448 g/mol. The molecule has 2 saturated heterocycles. The molecule has 34 heavy (non-hydrogen) atoms. The lowest BCUT2D eigenvalue weighted by Crippen LogP contribution is -2.36. The first-order valence-electron chi connectivity index (χ1n) is 11.6. The standard InChI is InChI=1S/C27H29ClN4O2/c1-17-25(24(34)15-31-20-10-11-21(31)23(33)13-20)26(28)22(5-4-12-27(2,3)16-30)32(17)19-8-6-18(14-29)7-9-19/h4-9,20-21,23,33H,10-13,15H2,1-3H3/b5-4+/t20?,21?,23-/m0/s1. The van der Waals surface area contributed by atoms with Gasteiger partial charge in [-0.05, 0) is 76.8 Å². The summed E-state index contributed by atoms with van der Waals surface area (Å²) in [5.74, 6) is -0.0621. The van der Waals surface area contributed by atoms with Crippen LogP contribution in [0.4, 0.5) is 0 Å². The highest BCUT2D eigenvalue weighted by molar-refractivity contribution is 6.35. The minimum atomic E-state index is -0.515. The summed E-state index contributed by atoms with van der Waals surface area (Å²) in [5, 5.41) is 29.2. The number of ketones is 1. The molecule has 1 N–H and O–H groups in total. The number of aliphatic hydroxyl groups is 1. The third kappa shape index (κ3) is 4.42. The fourth-order valence-corrected chi connectivity index (χ4v) is 5.63. The van der Waals surface area contributed by atoms with Gasteiger partial charge >= 0.3 is 0 Å². The quantitative estimate of drug-likeness (QED) is 0.565. The van der Waals surface area contributed by atoms with Crippen LogP contribution in [0.5, 0.6) is 0 Å². The molecule has 2 bridgehead atoms. The number of Topliss-reactive ketones (excluding diaryl/α,β-unsaturated/α-hetero) is 1. The molecule has 0 spiro atoms. The Hall–Kier alpha value is -2.90. The number of aromatic nitrogens is 1. The van der Waals surface area contributed by atoms with Crippen molar-refractivity contribution in [3.8, 4) is 17.8 Å². The molecule has 0 aliphatic carbocycles. The van der Waals surface area contributed by atoms with E-state index < -0.39 is 5.41 Å². The molecule has 2 unspecified atom stereocenters. The van der Waals surface area contributed by atoms with Crippen LogP contribution in [0.3, 0.4) is 0 Å². The zero-order valence-corrected chi connectivity index (χ0v) is 20.5. The number of allylic oxidation sites excluding steroid dienone is 1. The molecule has 2 aromatic rings. The number of nitrogens with zero attached hydrogens (tertiary/aromatic N) is 4. The topological polar surface area (TPSA) is 93.1 Å². The van der Waals surface area contributed by atoms with E-state index in [1.807, 2.05) is 49.6 Å². The number of carbonyl (C=O) groups is 1. The van der Waals surface area contributed by atoms with Crippen molar-refractivity contribution in [2.24, 2.45) is 5.41 Å². The molecule has 1 aromatic heterocycles. The maximum Gasteiger partial charge on any atom is 0.180 e. The van der Waals surface area contributed by atoms with Gasteiger partial charge in [0.25, 0.3) is 0 Å². The summed E-state index contributed by atoms with van der Waals surface area (Å²) in [5.41, 5.74) is 2.71. The highest BCUT2D eigenvalue weighted by Crippen LogP contribution is 2.39. The number of aliphatic hydroxyl groups excluding tert-OH is 1. The Kier molecular flexibility index (Phi) is 6.69. The fourth-order valence-electron chi connectivity index (χ4n) is 5.24. The van der Waals surface area contributed by atoms with Crippen LogP contribution in [0, 0.1) is 35.0 Å². The SMILES string of the molecule is Cc1c(C(=O)CN2C3CCC2[C@@H](O)C3)c(Cl)c(/C=C/CC(C)(C)C#N)n1-c1ccc(C#N)cc1. The van der Waals surface area contributed by atoms with Gasteiger partial charge in [-0.15, -0.1) is 0 Å². The Bertz CT molecular complexity index is 1210. The minimum Gasteiger partial charge on any atom is -0.391 e. The van der Waals surface area contributed by atoms with Gasteiger partial charge in [-0.1, -0.05) is 17.7 Å². The largest absolute Gasteiger partial charge is 0.391 e. The first-order valence-corrected chi connectivity index (χ1v) is 12.0. The number of halogens is 1. The molecular formula is C27H29ClN4O2. The van der Waals surface area contributed by atoms with Crippen molar-refractivity contribution in [3.05, 3.63) is 57.9 Å². The number of hydrogen-bond donors (Lipinski definition) is 1. The summed E-state index contributed by atoms with van der Waals surface area (Å²) in [4.78, 5) is 15.6. The lowest BCUT2D eigenvalue weighted by molar-refractivity contribution is 0.0873. The lowest BCUT2D eigenvalue weighted by atomic mass is 9.91. The molecule has 2 aliphatic rings. The molecule has 176 valence electrons.